The average molecular weight is 406 g/mol. The van der Waals surface area contributed by atoms with Crippen molar-refractivity contribution in [1.29, 1.82) is 0 Å². The van der Waals surface area contributed by atoms with E-state index in [1.807, 2.05) is 50.1 Å². The fourth-order valence-electron chi connectivity index (χ4n) is 3.91. The molecule has 8 heteroatoms. The second-order valence-electron chi connectivity index (χ2n) is 7.73. The van der Waals surface area contributed by atoms with Crippen LogP contribution in [-0.2, 0) is 13.6 Å². The number of carbonyl (C=O) groups is 2. The molecule has 1 fully saturated rings. The Bertz CT molecular complexity index is 1110. The first-order valence-corrected chi connectivity index (χ1v) is 10.2. The first kappa shape index (κ1) is 19.9. The smallest absolute Gasteiger partial charge is 0.321 e. The summed E-state index contributed by atoms with van der Waals surface area (Å²) in [7, 11) is 1.82. The number of aryl methyl sites for hydroxylation is 3. The zero-order valence-corrected chi connectivity index (χ0v) is 17.5. The highest BCUT2D eigenvalue weighted by molar-refractivity contribution is 6.06. The van der Waals surface area contributed by atoms with Crippen molar-refractivity contribution in [3.63, 3.8) is 0 Å². The largest absolute Gasteiger partial charge is 0.348 e. The van der Waals surface area contributed by atoms with Gasteiger partial charge in [-0.05, 0) is 50.5 Å². The number of hydrogen-bond acceptors (Lipinski definition) is 4. The van der Waals surface area contributed by atoms with Crippen molar-refractivity contribution in [2.24, 2.45) is 7.05 Å². The number of urea groups is 1. The molecule has 1 aliphatic rings. The number of anilines is 1. The fourth-order valence-corrected chi connectivity index (χ4v) is 3.91. The van der Waals surface area contributed by atoms with E-state index in [-0.39, 0.29) is 11.9 Å². The van der Waals surface area contributed by atoms with Gasteiger partial charge in [0.1, 0.15) is 0 Å². The number of nitrogens with one attached hydrogen (secondary N) is 2. The minimum Gasteiger partial charge on any atom is -0.348 e. The Kier molecular flexibility index (Phi) is 5.39. The van der Waals surface area contributed by atoms with Crippen LogP contribution in [0.4, 0.5) is 10.5 Å². The number of nitrogens with zero attached hydrogens (tertiary/aromatic N) is 4. The van der Waals surface area contributed by atoms with E-state index in [4.69, 9.17) is 0 Å². The molecule has 3 aromatic rings. The number of amides is 3. The summed E-state index contributed by atoms with van der Waals surface area (Å²) in [6.07, 6.45) is 2.11. The van der Waals surface area contributed by atoms with Gasteiger partial charge in [-0.15, -0.1) is 0 Å². The first-order valence-electron chi connectivity index (χ1n) is 10.2. The maximum atomic E-state index is 12.9. The number of hydrogen-bond donors (Lipinski definition) is 2. The van der Waals surface area contributed by atoms with E-state index in [0.717, 1.165) is 54.0 Å². The van der Waals surface area contributed by atoms with Crippen molar-refractivity contribution >= 4 is 28.7 Å². The molecule has 8 nitrogen and oxygen atoms in total. The number of carbonyl (C=O) groups excluding carboxylic acids is 2. The van der Waals surface area contributed by atoms with Gasteiger partial charge < -0.3 is 15.5 Å². The number of aromatic nitrogens is 3. The highest BCUT2D eigenvalue weighted by Crippen LogP contribution is 2.22. The van der Waals surface area contributed by atoms with Crippen molar-refractivity contribution in [1.82, 2.24) is 25.0 Å². The zero-order valence-electron chi connectivity index (χ0n) is 17.5. The van der Waals surface area contributed by atoms with E-state index >= 15 is 0 Å². The lowest BCUT2D eigenvalue weighted by molar-refractivity contribution is 0.0952. The molecule has 0 saturated carbocycles. The minimum atomic E-state index is -0.173. The lowest BCUT2D eigenvalue weighted by Gasteiger charge is -2.16. The van der Waals surface area contributed by atoms with Crippen LogP contribution in [0.15, 0.2) is 30.3 Å². The molecule has 30 heavy (non-hydrogen) atoms. The topological polar surface area (TPSA) is 92.2 Å². The SMILES string of the molecule is Cc1cc(C(=O)NCc2cccc(NC(=O)N3CCCC3)c2)c2c(C)nn(C)c2n1. The average Bonchev–Trinajstić information content (AvgIpc) is 3.35. The Morgan fingerprint density at radius 2 is 1.90 bits per heavy atom. The summed E-state index contributed by atoms with van der Waals surface area (Å²) in [5.74, 6) is -0.173. The Balaban J connectivity index is 1.47. The minimum absolute atomic E-state index is 0.0737. The maximum Gasteiger partial charge on any atom is 0.321 e. The van der Waals surface area contributed by atoms with Gasteiger partial charge in [-0.1, -0.05) is 12.1 Å². The number of fused-ring (bicyclic) bond motifs is 1. The van der Waals surface area contributed by atoms with Crippen molar-refractivity contribution in [2.75, 3.05) is 18.4 Å². The Hall–Kier alpha value is -3.42. The monoisotopic (exact) mass is 406 g/mol. The van der Waals surface area contributed by atoms with Crippen molar-refractivity contribution in [3.8, 4) is 0 Å². The lowest BCUT2D eigenvalue weighted by Crippen LogP contribution is -2.32. The standard InChI is InChI=1S/C22H26N6O2/c1-14-11-18(19-15(2)26-27(3)20(19)24-14)21(29)23-13-16-7-6-8-17(12-16)25-22(30)28-9-4-5-10-28/h6-8,11-12H,4-5,9-10,13H2,1-3H3,(H,23,29)(H,25,30). The Morgan fingerprint density at radius 3 is 2.67 bits per heavy atom. The predicted octanol–water partition coefficient (Wildman–Crippen LogP) is 3.14. The van der Waals surface area contributed by atoms with E-state index in [0.29, 0.717) is 17.8 Å². The van der Waals surface area contributed by atoms with Gasteiger partial charge in [0.25, 0.3) is 5.91 Å². The molecule has 3 heterocycles. The molecular weight excluding hydrogens is 380 g/mol. The molecule has 0 bridgehead atoms. The van der Waals surface area contributed by atoms with E-state index in [2.05, 4.69) is 20.7 Å². The molecule has 0 spiro atoms. The van der Waals surface area contributed by atoms with Gasteiger partial charge in [0.15, 0.2) is 5.65 Å². The summed E-state index contributed by atoms with van der Waals surface area (Å²) in [5.41, 5.74) is 4.45. The van der Waals surface area contributed by atoms with Gasteiger partial charge >= 0.3 is 6.03 Å². The van der Waals surface area contributed by atoms with Crippen LogP contribution in [0, 0.1) is 13.8 Å². The lowest BCUT2D eigenvalue weighted by atomic mass is 10.1. The van der Waals surface area contributed by atoms with Gasteiger partial charge in [-0.3, -0.25) is 9.48 Å². The number of rotatable bonds is 4. The van der Waals surface area contributed by atoms with Gasteiger partial charge in [-0.25, -0.2) is 9.78 Å². The van der Waals surface area contributed by atoms with Crippen LogP contribution in [0.5, 0.6) is 0 Å². The Morgan fingerprint density at radius 1 is 1.13 bits per heavy atom. The van der Waals surface area contributed by atoms with Crippen molar-refractivity contribution < 1.29 is 9.59 Å². The number of benzene rings is 1. The van der Waals surface area contributed by atoms with Gasteiger partial charge in [0, 0.05) is 38.1 Å². The first-order chi connectivity index (χ1) is 14.4. The highest BCUT2D eigenvalue weighted by Gasteiger charge is 2.19. The van der Waals surface area contributed by atoms with Crippen LogP contribution in [0.1, 0.15) is 40.2 Å². The maximum absolute atomic E-state index is 12.9. The third-order valence-corrected chi connectivity index (χ3v) is 5.37. The zero-order chi connectivity index (χ0) is 21.3. The molecule has 0 aliphatic carbocycles. The second-order valence-corrected chi connectivity index (χ2v) is 7.73. The molecule has 2 aromatic heterocycles. The van der Waals surface area contributed by atoms with Crippen LogP contribution in [-0.4, -0.2) is 44.7 Å². The molecule has 1 aliphatic heterocycles. The summed E-state index contributed by atoms with van der Waals surface area (Å²) in [6, 6.07) is 9.26. The summed E-state index contributed by atoms with van der Waals surface area (Å²) in [4.78, 5) is 31.6. The van der Waals surface area contributed by atoms with E-state index in [9.17, 15) is 9.59 Å². The van der Waals surface area contributed by atoms with E-state index in [1.165, 1.54) is 0 Å². The van der Waals surface area contributed by atoms with Crippen LogP contribution < -0.4 is 10.6 Å². The van der Waals surface area contributed by atoms with E-state index in [1.54, 1.807) is 10.7 Å². The molecule has 0 atom stereocenters. The fraction of sp³-hybridized carbons (Fsp3) is 0.364. The van der Waals surface area contributed by atoms with Crippen LogP contribution in [0.2, 0.25) is 0 Å². The van der Waals surface area contributed by atoms with Crippen LogP contribution in [0.25, 0.3) is 11.0 Å². The molecule has 156 valence electrons. The highest BCUT2D eigenvalue weighted by atomic mass is 16.2. The molecule has 0 unspecified atom stereocenters. The van der Waals surface area contributed by atoms with E-state index < -0.39 is 0 Å². The summed E-state index contributed by atoms with van der Waals surface area (Å²) >= 11 is 0. The predicted molar refractivity (Wildman–Crippen MR) is 115 cm³/mol. The van der Waals surface area contributed by atoms with Crippen LogP contribution >= 0.6 is 0 Å². The van der Waals surface area contributed by atoms with Crippen molar-refractivity contribution in [2.45, 2.75) is 33.2 Å². The molecule has 1 saturated heterocycles. The summed E-state index contributed by atoms with van der Waals surface area (Å²) in [5, 5.41) is 11.1. The Labute approximate surface area is 175 Å². The summed E-state index contributed by atoms with van der Waals surface area (Å²) < 4.78 is 1.70. The summed E-state index contributed by atoms with van der Waals surface area (Å²) in [6.45, 7) is 5.70. The molecule has 2 N–H and O–H groups in total. The molecule has 4 rings (SSSR count). The number of likely N-dealkylation sites (tertiary alicyclic amines) is 1. The second kappa shape index (κ2) is 8.14. The third-order valence-electron chi connectivity index (χ3n) is 5.37. The normalized spacial score (nSPS) is 13.6. The molecule has 3 amide bonds. The van der Waals surface area contributed by atoms with Gasteiger partial charge in [-0.2, -0.15) is 5.10 Å². The third kappa shape index (κ3) is 3.98. The molecule has 1 aromatic carbocycles. The number of pyridine rings is 1. The van der Waals surface area contributed by atoms with Gasteiger partial charge in [0.05, 0.1) is 16.6 Å². The quantitative estimate of drug-likeness (QED) is 0.696. The van der Waals surface area contributed by atoms with Crippen LogP contribution in [0.3, 0.4) is 0 Å². The van der Waals surface area contributed by atoms with Gasteiger partial charge in [0.2, 0.25) is 0 Å². The molecular formula is C22H26N6O2. The van der Waals surface area contributed by atoms with Crippen molar-refractivity contribution in [3.05, 3.63) is 52.8 Å². The molecule has 0 radical (unpaired) electrons.